The minimum Gasteiger partial charge on any atom is -0.482 e. The van der Waals surface area contributed by atoms with E-state index in [0.29, 0.717) is 18.8 Å². The van der Waals surface area contributed by atoms with Gasteiger partial charge in [0.1, 0.15) is 5.75 Å². The minimum absolute atomic E-state index is 0.0641. The number of carbonyl (C=O) groups excluding carboxylic acids is 1. The molecule has 0 aliphatic carbocycles. The molecular weight excluding hydrogens is 220 g/mol. The predicted octanol–water partition coefficient (Wildman–Crippen LogP) is 2.03. The molecular formula is C13H18O4. The van der Waals surface area contributed by atoms with Crippen LogP contribution in [0.4, 0.5) is 0 Å². The highest BCUT2D eigenvalue weighted by atomic mass is 16.6. The van der Waals surface area contributed by atoms with Gasteiger partial charge in [0.15, 0.2) is 6.61 Å². The fraction of sp³-hybridized carbons (Fsp3) is 0.462. The predicted molar refractivity (Wildman–Crippen MR) is 64.0 cm³/mol. The van der Waals surface area contributed by atoms with Crippen LogP contribution in [-0.4, -0.2) is 32.4 Å². The van der Waals surface area contributed by atoms with Crippen molar-refractivity contribution in [2.45, 2.75) is 19.4 Å². The van der Waals surface area contributed by atoms with E-state index >= 15 is 0 Å². The summed E-state index contributed by atoms with van der Waals surface area (Å²) in [5.41, 5.74) is 0. The van der Waals surface area contributed by atoms with Gasteiger partial charge in [-0.2, -0.15) is 0 Å². The fourth-order valence-electron chi connectivity index (χ4n) is 1.16. The number of hydrogen-bond acceptors (Lipinski definition) is 4. The molecule has 0 N–H and O–H groups in total. The lowest BCUT2D eigenvalue weighted by atomic mass is 10.3. The highest BCUT2D eigenvalue weighted by Gasteiger charge is 2.05. The van der Waals surface area contributed by atoms with Crippen LogP contribution in [0.15, 0.2) is 30.3 Å². The fourth-order valence-corrected chi connectivity index (χ4v) is 1.16. The van der Waals surface area contributed by atoms with Crippen LogP contribution in [0.25, 0.3) is 0 Å². The number of methoxy groups -OCH3 is 1. The van der Waals surface area contributed by atoms with E-state index in [0.717, 1.165) is 0 Å². The highest BCUT2D eigenvalue weighted by molar-refractivity contribution is 5.71. The summed E-state index contributed by atoms with van der Waals surface area (Å²) in [6.45, 7) is 2.21. The van der Waals surface area contributed by atoms with Crippen LogP contribution >= 0.6 is 0 Å². The van der Waals surface area contributed by atoms with Gasteiger partial charge < -0.3 is 14.2 Å². The number of ether oxygens (including phenoxy) is 3. The highest BCUT2D eigenvalue weighted by Crippen LogP contribution is 2.07. The molecule has 0 fully saturated rings. The standard InChI is InChI=1S/C13H18O4/c1-11(15-2)8-9-16-13(14)10-17-12-6-4-3-5-7-12/h3-7,11H,8-10H2,1-2H3. The lowest BCUT2D eigenvalue weighted by Crippen LogP contribution is -2.17. The Morgan fingerprint density at radius 2 is 2.00 bits per heavy atom. The maximum Gasteiger partial charge on any atom is 0.344 e. The Balaban J connectivity index is 2.13. The van der Waals surface area contributed by atoms with Gasteiger partial charge in [-0.15, -0.1) is 0 Å². The summed E-state index contributed by atoms with van der Waals surface area (Å²) in [6, 6.07) is 9.17. The topological polar surface area (TPSA) is 44.8 Å². The Labute approximate surface area is 101 Å². The quantitative estimate of drug-likeness (QED) is 0.682. The first-order valence-electron chi connectivity index (χ1n) is 5.58. The number of rotatable bonds is 7. The van der Waals surface area contributed by atoms with Crippen LogP contribution in [0.5, 0.6) is 5.75 Å². The summed E-state index contributed by atoms with van der Waals surface area (Å²) in [6.07, 6.45) is 0.783. The monoisotopic (exact) mass is 238 g/mol. The third-order valence-corrected chi connectivity index (χ3v) is 2.29. The van der Waals surface area contributed by atoms with Gasteiger partial charge in [-0.05, 0) is 19.1 Å². The average Bonchev–Trinajstić information content (AvgIpc) is 2.37. The van der Waals surface area contributed by atoms with Crippen molar-refractivity contribution < 1.29 is 19.0 Å². The van der Waals surface area contributed by atoms with E-state index < -0.39 is 0 Å². The van der Waals surface area contributed by atoms with Crippen molar-refractivity contribution in [2.75, 3.05) is 20.3 Å². The van der Waals surface area contributed by atoms with Gasteiger partial charge in [-0.25, -0.2) is 4.79 Å². The Bertz CT molecular complexity index is 323. The van der Waals surface area contributed by atoms with E-state index in [-0.39, 0.29) is 18.7 Å². The summed E-state index contributed by atoms with van der Waals surface area (Å²) in [4.78, 5) is 11.3. The van der Waals surface area contributed by atoms with Gasteiger partial charge in [0.05, 0.1) is 12.7 Å². The molecule has 0 aliphatic rings. The van der Waals surface area contributed by atoms with E-state index in [1.54, 1.807) is 19.2 Å². The Hall–Kier alpha value is -1.55. The summed E-state index contributed by atoms with van der Waals surface area (Å²) >= 11 is 0. The minimum atomic E-state index is -0.364. The average molecular weight is 238 g/mol. The van der Waals surface area contributed by atoms with Crippen molar-refractivity contribution in [3.05, 3.63) is 30.3 Å². The van der Waals surface area contributed by atoms with Crippen LogP contribution in [0.1, 0.15) is 13.3 Å². The zero-order valence-electron chi connectivity index (χ0n) is 10.2. The molecule has 17 heavy (non-hydrogen) atoms. The second-order valence-electron chi connectivity index (χ2n) is 3.66. The summed E-state index contributed by atoms with van der Waals surface area (Å²) in [5.74, 6) is 0.298. The third kappa shape index (κ3) is 5.92. The third-order valence-electron chi connectivity index (χ3n) is 2.29. The molecule has 0 amide bonds. The molecule has 0 aliphatic heterocycles. The molecule has 1 rings (SSSR count). The SMILES string of the molecule is COC(C)CCOC(=O)COc1ccccc1. The molecule has 0 saturated carbocycles. The van der Waals surface area contributed by atoms with E-state index in [9.17, 15) is 4.79 Å². The van der Waals surface area contributed by atoms with Crippen LogP contribution in [-0.2, 0) is 14.3 Å². The molecule has 0 heterocycles. The van der Waals surface area contributed by atoms with E-state index in [1.807, 2.05) is 25.1 Å². The second kappa shape index (κ2) is 7.68. The van der Waals surface area contributed by atoms with Crippen LogP contribution < -0.4 is 4.74 Å². The zero-order valence-corrected chi connectivity index (χ0v) is 10.2. The van der Waals surface area contributed by atoms with Crippen LogP contribution in [0.3, 0.4) is 0 Å². The van der Waals surface area contributed by atoms with E-state index in [1.165, 1.54) is 0 Å². The smallest absolute Gasteiger partial charge is 0.344 e. The normalized spacial score (nSPS) is 11.9. The summed E-state index contributed by atoms with van der Waals surface area (Å²) < 4.78 is 15.3. The number of para-hydroxylation sites is 1. The number of hydrogen-bond donors (Lipinski definition) is 0. The van der Waals surface area contributed by atoms with Gasteiger partial charge in [-0.1, -0.05) is 18.2 Å². The number of esters is 1. The van der Waals surface area contributed by atoms with Crippen molar-refractivity contribution in [2.24, 2.45) is 0 Å². The van der Waals surface area contributed by atoms with Gasteiger partial charge >= 0.3 is 5.97 Å². The van der Waals surface area contributed by atoms with Crippen molar-refractivity contribution in [3.8, 4) is 5.75 Å². The Morgan fingerprint density at radius 3 is 2.65 bits per heavy atom. The van der Waals surface area contributed by atoms with Gasteiger partial charge in [0.25, 0.3) is 0 Å². The van der Waals surface area contributed by atoms with Crippen LogP contribution in [0.2, 0.25) is 0 Å². The molecule has 0 saturated heterocycles. The molecule has 4 nitrogen and oxygen atoms in total. The summed E-state index contributed by atoms with van der Waals surface area (Å²) in [5, 5.41) is 0. The molecule has 1 aromatic carbocycles. The molecule has 94 valence electrons. The van der Waals surface area contributed by atoms with E-state index in [4.69, 9.17) is 14.2 Å². The van der Waals surface area contributed by atoms with Gasteiger partial charge in [0.2, 0.25) is 0 Å². The van der Waals surface area contributed by atoms with Crippen molar-refractivity contribution in [1.29, 1.82) is 0 Å². The van der Waals surface area contributed by atoms with Gasteiger partial charge in [0, 0.05) is 13.5 Å². The lowest BCUT2D eigenvalue weighted by molar-refractivity contribution is -0.146. The van der Waals surface area contributed by atoms with Crippen LogP contribution in [0, 0.1) is 0 Å². The molecule has 1 unspecified atom stereocenters. The second-order valence-corrected chi connectivity index (χ2v) is 3.66. The molecule has 0 spiro atoms. The molecule has 4 heteroatoms. The van der Waals surface area contributed by atoms with Crippen molar-refractivity contribution >= 4 is 5.97 Å². The zero-order chi connectivity index (χ0) is 12.5. The largest absolute Gasteiger partial charge is 0.482 e. The van der Waals surface area contributed by atoms with Crippen molar-refractivity contribution in [1.82, 2.24) is 0 Å². The lowest BCUT2D eigenvalue weighted by Gasteiger charge is -2.10. The first kappa shape index (κ1) is 13.5. The Morgan fingerprint density at radius 1 is 1.29 bits per heavy atom. The molecule has 1 atom stereocenters. The number of carbonyl (C=O) groups is 1. The molecule has 1 aromatic rings. The molecule has 0 bridgehead atoms. The Kier molecular flexibility index (Phi) is 6.10. The maximum atomic E-state index is 11.3. The molecule has 0 aromatic heterocycles. The van der Waals surface area contributed by atoms with Gasteiger partial charge in [-0.3, -0.25) is 0 Å². The first-order chi connectivity index (χ1) is 8.22. The summed E-state index contributed by atoms with van der Waals surface area (Å²) in [7, 11) is 1.63. The first-order valence-corrected chi connectivity index (χ1v) is 5.58. The van der Waals surface area contributed by atoms with Crippen molar-refractivity contribution in [3.63, 3.8) is 0 Å². The number of benzene rings is 1. The maximum absolute atomic E-state index is 11.3. The van der Waals surface area contributed by atoms with E-state index in [2.05, 4.69) is 0 Å². The molecule has 0 radical (unpaired) electrons.